The molecule has 2 aromatic rings. The summed E-state index contributed by atoms with van der Waals surface area (Å²) in [4.78, 5) is 10.2. The standard InChI is InChI=1S/C15H17F3N4O2/c16-15(17,18)13(23)10-3-6-22(7-4-10)9-12-20-14(21-24-12)11-2-1-5-19-8-11/h1-2,5,8,10,13,23H,3-4,6-7,9H2. The van der Waals surface area contributed by atoms with Crippen LogP contribution in [0.4, 0.5) is 13.2 Å². The number of piperidine rings is 1. The minimum atomic E-state index is -4.56. The van der Waals surface area contributed by atoms with Gasteiger partial charge in [0.2, 0.25) is 11.7 Å². The predicted octanol–water partition coefficient (Wildman–Crippen LogP) is 2.27. The molecule has 1 N–H and O–H groups in total. The SMILES string of the molecule is OC(C1CCN(Cc2nc(-c3cccnc3)no2)CC1)C(F)(F)F. The minimum absolute atomic E-state index is 0.282. The van der Waals surface area contributed by atoms with E-state index in [1.807, 2.05) is 11.0 Å². The highest BCUT2D eigenvalue weighted by atomic mass is 19.4. The number of rotatable bonds is 4. The zero-order chi connectivity index (χ0) is 17.2. The summed E-state index contributed by atoms with van der Waals surface area (Å²) in [6.07, 6.45) is -2.98. The summed E-state index contributed by atoms with van der Waals surface area (Å²) in [6.45, 7) is 1.27. The fraction of sp³-hybridized carbons (Fsp3) is 0.533. The first-order chi connectivity index (χ1) is 11.4. The summed E-state index contributed by atoms with van der Waals surface area (Å²) in [6, 6.07) is 3.58. The number of aliphatic hydroxyl groups excluding tert-OH is 1. The lowest BCUT2D eigenvalue weighted by Gasteiger charge is -2.33. The van der Waals surface area contributed by atoms with Crippen molar-refractivity contribution in [1.82, 2.24) is 20.0 Å². The zero-order valence-electron chi connectivity index (χ0n) is 12.8. The highest BCUT2D eigenvalue weighted by Gasteiger charge is 2.44. The van der Waals surface area contributed by atoms with Gasteiger partial charge in [0.15, 0.2) is 6.10 Å². The average Bonchev–Trinajstić information content (AvgIpc) is 3.03. The fourth-order valence-corrected chi connectivity index (χ4v) is 2.82. The molecule has 9 heteroatoms. The first kappa shape index (κ1) is 16.8. The smallest absolute Gasteiger partial charge is 0.383 e. The molecule has 0 aromatic carbocycles. The summed E-state index contributed by atoms with van der Waals surface area (Å²) in [5.74, 6) is 0.0824. The summed E-state index contributed by atoms with van der Waals surface area (Å²) >= 11 is 0. The molecule has 1 aliphatic heterocycles. The maximum Gasteiger partial charge on any atom is 0.414 e. The lowest BCUT2D eigenvalue weighted by molar-refractivity contribution is -0.223. The van der Waals surface area contributed by atoms with Gasteiger partial charge in [0.25, 0.3) is 0 Å². The number of pyridine rings is 1. The summed E-state index contributed by atoms with van der Waals surface area (Å²) < 4.78 is 42.8. The second-order valence-corrected chi connectivity index (χ2v) is 5.85. The first-order valence-corrected chi connectivity index (χ1v) is 7.63. The zero-order valence-corrected chi connectivity index (χ0v) is 12.8. The molecule has 1 aliphatic rings. The van der Waals surface area contributed by atoms with Crippen LogP contribution in [0.15, 0.2) is 29.0 Å². The number of hydrogen-bond acceptors (Lipinski definition) is 6. The van der Waals surface area contributed by atoms with Crippen molar-refractivity contribution in [3.05, 3.63) is 30.4 Å². The van der Waals surface area contributed by atoms with E-state index in [1.165, 1.54) is 0 Å². The van der Waals surface area contributed by atoms with E-state index in [2.05, 4.69) is 15.1 Å². The number of likely N-dealkylation sites (tertiary alicyclic amines) is 1. The van der Waals surface area contributed by atoms with Crippen LogP contribution in [0.5, 0.6) is 0 Å². The quantitative estimate of drug-likeness (QED) is 0.919. The van der Waals surface area contributed by atoms with E-state index in [9.17, 15) is 18.3 Å². The first-order valence-electron chi connectivity index (χ1n) is 7.63. The van der Waals surface area contributed by atoms with Crippen molar-refractivity contribution < 1.29 is 22.8 Å². The van der Waals surface area contributed by atoms with Crippen molar-refractivity contribution in [2.45, 2.75) is 31.7 Å². The maximum atomic E-state index is 12.5. The molecule has 0 bridgehead atoms. The molecule has 1 atom stereocenters. The Kier molecular flexibility index (Phi) is 4.81. The Morgan fingerprint density at radius 3 is 2.71 bits per heavy atom. The van der Waals surface area contributed by atoms with Crippen LogP contribution in [0.25, 0.3) is 11.4 Å². The summed E-state index contributed by atoms with van der Waals surface area (Å²) in [5, 5.41) is 13.2. The van der Waals surface area contributed by atoms with Gasteiger partial charge in [-0.1, -0.05) is 5.16 Å². The van der Waals surface area contributed by atoms with Crippen LogP contribution in [-0.2, 0) is 6.54 Å². The van der Waals surface area contributed by atoms with Crippen LogP contribution in [0.2, 0.25) is 0 Å². The summed E-state index contributed by atoms with van der Waals surface area (Å²) in [7, 11) is 0. The molecule has 0 spiro atoms. The molecule has 1 fully saturated rings. The van der Waals surface area contributed by atoms with E-state index in [0.29, 0.717) is 31.3 Å². The van der Waals surface area contributed by atoms with Crippen LogP contribution in [0.3, 0.4) is 0 Å². The van der Waals surface area contributed by atoms with E-state index in [-0.39, 0.29) is 12.8 Å². The maximum absolute atomic E-state index is 12.5. The second kappa shape index (κ2) is 6.86. The van der Waals surface area contributed by atoms with Gasteiger partial charge in [-0.05, 0) is 44.0 Å². The monoisotopic (exact) mass is 342 g/mol. The Morgan fingerprint density at radius 1 is 1.33 bits per heavy atom. The average molecular weight is 342 g/mol. The van der Waals surface area contributed by atoms with Crippen molar-refractivity contribution in [3.63, 3.8) is 0 Å². The predicted molar refractivity (Wildman–Crippen MR) is 77.6 cm³/mol. The lowest BCUT2D eigenvalue weighted by atomic mass is 9.91. The van der Waals surface area contributed by atoms with Crippen molar-refractivity contribution in [2.24, 2.45) is 5.92 Å². The lowest BCUT2D eigenvalue weighted by Crippen LogP contribution is -2.43. The third-order valence-electron chi connectivity index (χ3n) is 4.16. The van der Waals surface area contributed by atoms with E-state index in [4.69, 9.17) is 4.52 Å². The molecule has 1 saturated heterocycles. The molecule has 6 nitrogen and oxygen atoms in total. The fourth-order valence-electron chi connectivity index (χ4n) is 2.82. The molecule has 0 aliphatic carbocycles. The largest absolute Gasteiger partial charge is 0.414 e. The van der Waals surface area contributed by atoms with E-state index in [1.54, 1.807) is 18.5 Å². The number of nitrogens with zero attached hydrogens (tertiary/aromatic N) is 4. The molecule has 2 aromatic heterocycles. The van der Waals surface area contributed by atoms with Crippen molar-refractivity contribution in [3.8, 4) is 11.4 Å². The van der Waals surface area contributed by atoms with Gasteiger partial charge in [-0.3, -0.25) is 9.88 Å². The van der Waals surface area contributed by atoms with Crippen LogP contribution in [0.1, 0.15) is 18.7 Å². The minimum Gasteiger partial charge on any atom is -0.383 e. The van der Waals surface area contributed by atoms with Crippen molar-refractivity contribution in [1.29, 1.82) is 0 Å². The highest BCUT2D eigenvalue weighted by molar-refractivity contribution is 5.51. The Balaban J connectivity index is 1.55. The number of hydrogen-bond donors (Lipinski definition) is 1. The van der Waals surface area contributed by atoms with E-state index < -0.39 is 18.2 Å². The van der Waals surface area contributed by atoms with Gasteiger partial charge in [-0.15, -0.1) is 0 Å². The van der Waals surface area contributed by atoms with Gasteiger partial charge in [0.05, 0.1) is 6.54 Å². The second-order valence-electron chi connectivity index (χ2n) is 5.85. The number of aromatic nitrogens is 3. The van der Waals surface area contributed by atoms with Gasteiger partial charge in [0.1, 0.15) is 0 Å². The number of halogens is 3. The van der Waals surface area contributed by atoms with Gasteiger partial charge in [-0.25, -0.2) is 0 Å². The van der Waals surface area contributed by atoms with Crippen molar-refractivity contribution in [2.75, 3.05) is 13.1 Å². The molecule has 0 radical (unpaired) electrons. The van der Waals surface area contributed by atoms with Crippen LogP contribution in [-0.4, -0.2) is 50.5 Å². The van der Waals surface area contributed by atoms with Gasteiger partial charge < -0.3 is 9.63 Å². The molecule has 24 heavy (non-hydrogen) atoms. The van der Waals surface area contributed by atoms with E-state index >= 15 is 0 Å². The molecule has 1 unspecified atom stereocenters. The molecular formula is C15H17F3N4O2. The Morgan fingerprint density at radius 2 is 2.08 bits per heavy atom. The van der Waals surface area contributed by atoms with E-state index in [0.717, 1.165) is 5.56 Å². The van der Waals surface area contributed by atoms with Crippen LogP contribution < -0.4 is 0 Å². The number of alkyl halides is 3. The van der Waals surface area contributed by atoms with Crippen molar-refractivity contribution >= 4 is 0 Å². The summed E-state index contributed by atoms with van der Waals surface area (Å²) in [5.41, 5.74) is 0.736. The Bertz CT molecular complexity index is 654. The molecule has 3 rings (SSSR count). The van der Waals surface area contributed by atoms with Crippen LogP contribution >= 0.6 is 0 Å². The molecule has 3 heterocycles. The van der Waals surface area contributed by atoms with Gasteiger partial charge in [0, 0.05) is 18.0 Å². The normalized spacial score (nSPS) is 18.7. The molecule has 0 amide bonds. The third kappa shape index (κ3) is 3.90. The van der Waals surface area contributed by atoms with Crippen LogP contribution in [0, 0.1) is 5.92 Å². The highest BCUT2D eigenvalue weighted by Crippen LogP contribution is 2.31. The van der Waals surface area contributed by atoms with Gasteiger partial charge in [-0.2, -0.15) is 18.2 Å². The Hall–Kier alpha value is -2.00. The number of aliphatic hydroxyl groups is 1. The van der Waals surface area contributed by atoms with Gasteiger partial charge >= 0.3 is 6.18 Å². The molecule has 130 valence electrons. The topological polar surface area (TPSA) is 75.3 Å². The molecule has 0 saturated carbocycles. The third-order valence-corrected chi connectivity index (χ3v) is 4.16. The Labute approximate surface area is 136 Å². The molecular weight excluding hydrogens is 325 g/mol.